The molecule has 0 amide bonds. The summed E-state index contributed by atoms with van der Waals surface area (Å²) in [6.45, 7) is 41.1. The van der Waals surface area contributed by atoms with Crippen LogP contribution in [-0.2, 0) is 76.4 Å². The molecular weight excluding hydrogens is 1590 g/mol. The smallest absolute Gasteiger partial charge is 0.109 e. The lowest BCUT2D eigenvalue weighted by molar-refractivity contribution is -0.0256. The van der Waals surface area contributed by atoms with E-state index in [1.807, 2.05) is 0 Å². The predicted octanol–water partition coefficient (Wildman–Crippen LogP) is 32.3. The molecule has 0 saturated carbocycles. The van der Waals surface area contributed by atoms with E-state index in [-0.39, 0.29) is 48.8 Å². The molecule has 8 aliphatic carbocycles. The zero-order valence-electron chi connectivity index (χ0n) is 81.3. The lowest BCUT2D eigenvalue weighted by Crippen LogP contribution is -2.18. The second-order valence-corrected chi connectivity index (χ2v) is 38.6. The molecule has 0 heterocycles. The van der Waals surface area contributed by atoms with Crippen molar-refractivity contribution in [3.8, 4) is 22.3 Å². The standard InChI is InChI=1S/C18H20O.C17H20O.C17H18O.C16H18O.C15H16O.C14H20O.C13H18O.C12H16O/c1-12(2)13(3)19-18-16-10-6-4-8-14(16)15-9-5-7-11-17(15)18;1-11(2)12(3)18-16-10-14-8-4-6-13-7-5-9-15(16)17(13)14;1-3-12(2)18-17-15-10-6-4-8-13(15)14-9-5-7-11-16(14)17;1-3-11(2)17-15-10-13-8-4-6-12-7-5-9-14(15)16(12)13;1-10(2)16-14-9-12-7-3-5-11-6-4-8-13(14)15(11)12;1-10(2)11(3)15-14-9-8-12-6-4-5-7-13(12)14;1-3-10(2)14-13-9-8-11-6-4-5-7-12(11)13;1-9(2)13-12-8-7-10-5-3-4-6-11(10)12/h4-13,18H,1-3H3;4-9,11-12,16H,10H2,1-3H3;4-12,17H,3H2,1-2H3;4-9,11,15H,3,10H2,1-2H3;3-8,10,14H,9H2,1-2H3;4-7,10-11,14H,8-9H2,1-3H3;4-7,10,13H,3,8-9H2,1-2H3;3-6,9,12H,7-8H2,1-2H3. The molecule has 8 aliphatic rings. The van der Waals surface area contributed by atoms with Gasteiger partial charge in [0.1, 0.15) is 12.2 Å². The van der Waals surface area contributed by atoms with E-state index >= 15 is 0 Å². The highest BCUT2D eigenvalue weighted by atomic mass is 16.5. The first-order chi connectivity index (χ1) is 63.0. The molecule has 8 heteroatoms. The first kappa shape index (κ1) is 96.4. The molecule has 0 bridgehead atoms. The van der Waals surface area contributed by atoms with E-state index in [1.54, 1.807) is 0 Å². The Balaban J connectivity index is 0.000000120. The molecule has 0 aliphatic heterocycles. The minimum atomic E-state index is 0.0878. The van der Waals surface area contributed by atoms with Crippen LogP contribution in [0.15, 0.2) is 279 Å². The normalized spacial score (nSPS) is 18.9. The fraction of sp³-hybridized carbons (Fsp3) is 0.410. The van der Waals surface area contributed by atoms with Crippen molar-refractivity contribution in [1.82, 2.24) is 0 Å². The van der Waals surface area contributed by atoms with Gasteiger partial charge < -0.3 is 37.9 Å². The summed E-state index contributed by atoms with van der Waals surface area (Å²) in [5.74, 6) is 1.69. The Morgan fingerprint density at radius 3 is 0.777 bits per heavy atom. The minimum absolute atomic E-state index is 0.0878. The SMILES string of the molecule is CC(C)C(C)OC1CCc2ccccc21.CC(C)C(C)OC1Cc2cccc3cccc1c23.CC(C)C(C)OC1c2ccccc2-c2ccccc21.CC(C)OC1CCc2ccccc21.CC(C)OC1Cc2cccc3cccc1c23.CCC(C)OC1CCc2ccccc21.CCC(C)OC1Cc2cccc3cccc1c23.CCC(C)OC1c2ccccc2-c2ccccc21. The molecule has 12 unspecified atom stereocenters. The highest BCUT2D eigenvalue weighted by molar-refractivity contribution is 5.93. The van der Waals surface area contributed by atoms with E-state index in [1.165, 1.54) is 163 Å². The van der Waals surface area contributed by atoms with E-state index in [0.717, 1.165) is 57.8 Å². The fourth-order valence-corrected chi connectivity index (χ4v) is 19.4. The van der Waals surface area contributed by atoms with Gasteiger partial charge in [0.05, 0.1) is 85.5 Å². The number of ether oxygens (including phenoxy) is 8. The quantitative estimate of drug-likeness (QED) is 0.0665. The summed E-state index contributed by atoms with van der Waals surface area (Å²) in [7, 11) is 0. The van der Waals surface area contributed by atoms with Gasteiger partial charge >= 0.3 is 0 Å². The topological polar surface area (TPSA) is 73.8 Å². The Hall–Kier alpha value is -9.68. The zero-order chi connectivity index (χ0) is 91.6. The molecular formula is C122H146O8. The third-order valence-corrected chi connectivity index (χ3v) is 27.8. The van der Waals surface area contributed by atoms with E-state index in [0.29, 0.717) is 66.6 Å². The van der Waals surface area contributed by atoms with Crippen LogP contribution in [0.4, 0.5) is 0 Å². The second-order valence-electron chi connectivity index (χ2n) is 38.6. The Morgan fingerprint density at radius 1 is 0.215 bits per heavy atom. The average Bonchev–Trinajstić information content (AvgIpc) is 1.61. The van der Waals surface area contributed by atoms with E-state index in [2.05, 4.69) is 411 Å². The molecule has 0 spiro atoms. The molecule has 682 valence electrons. The molecule has 21 rings (SSSR count). The third kappa shape index (κ3) is 23.3. The van der Waals surface area contributed by atoms with Gasteiger partial charge in [0, 0.05) is 19.3 Å². The van der Waals surface area contributed by atoms with Crippen molar-refractivity contribution in [3.63, 3.8) is 0 Å². The Bertz CT molecular complexity index is 5710. The second kappa shape index (κ2) is 45.6. The van der Waals surface area contributed by atoms with E-state index in [4.69, 9.17) is 37.9 Å². The molecule has 0 radical (unpaired) electrons. The summed E-state index contributed by atoms with van der Waals surface area (Å²) in [5, 5.41) is 8.27. The van der Waals surface area contributed by atoms with Crippen LogP contribution in [0.5, 0.6) is 0 Å². The molecule has 12 atom stereocenters. The van der Waals surface area contributed by atoms with Crippen LogP contribution < -0.4 is 0 Å². The van der Waals surface area contributed by atoms with Crippen LogP contribution in [0.25, 0.3) is 54.6 Å². The van der Waals surface area contributed by atoms with Gasteiger partial charge in [-0.25, -0.2) is 0 Å². The van der Waals surface area contributed by atoms with E-state index in [9.17, 15) is 0 Å². The molecule has 13 aromatic carbocycles. The lowest BCUT2D eigenvalue weighted by atomic mass is 10.0. The fourth-order valence-electron chi connectivity index (χ4n) is 19.4. The van der Waals surface area contributed by atoms with Gasteiger partial charge in [-0.1, -0.05) is 341 Å². The summed E-state index contributed by atoms with van der Waals surface area (Å²) in [5.41, 5.74) is 27.5. The van der Waals surface area contributed by atoms with Gasteiger partial charge in [-0.05, 0) is 288 Å². The van der Waals surface area contributed by atoms with Gasteiger partial charge in [-0.3, -0.25) is 0 Å². The minimum Gasteiger partial charge on any atom is -0.371 e. The molecule has 0 N–H and O–H groups in total. The maximum atomic E-state index is 6.33. The highest BCUT2D eigenvalue weighted by Crippen LogP contribution is 2.50. The Kier molecular flexibility index (Phi) is 33.8. The van der Waals surface area contributed by atoms with Gasteiger partial charge in [-0.15, -0.1) is 0 Å². The van der Waals surface area contributed by atoms with Crippen molar-refractivity contribution in [1.29, 1.82) is 0 Å². The summed E-state index contributed by atoms with van der Waals surface area (Å²) in [4.78, 5) is 0. The van der Waals surface area contributed by atoms with Crippen LogP contribution in [-0.4, -0.2) is 48.8 Å². The van der Waals surface area contributed by atoms with Gasteiger partial charge in [0.15, 0.2) is 0 Å². The maximum Gasteiger partial charge on any atom is 0.109 e. The number of rotatable bonds is 22. The Morgan fingerprint density at radius 2 is 0.446 bits per heavy atom. The zero-order valence-corrected chi connectivity index (χ0v) is 81.3. The first-order valence-corrected chi connectivity index (χ1v) is 49.3. The van der Waals surface area contributed by atoms with Crippen molar-refractivity contribution < 1.29 is 37.9 Å². The van der Waals surface area contributed by atoms with Crippen LogP contribution in [0.1, 0.15) is 308 Å². The largest absolute Gasteiger partial charge is 0.371 e. The van der Waals surface area contributed by atoms with Gasteiger partial charge in [-0.2, -0.15) is 0 Å². The first-order valence-electron chi connectivity index (χ1n) is 49.3. The molecule has 0 fully saturated rings. The van der Waals surface area contributed by atoms with Crippen molar-refractivity contribution in [2.75, 3.05) is 0 Å². The van der Waals surface area contributed by atoms with Crippen molar-refractivity contribution >= 4 is 32.3 Å². The van der Waals surface area contributed by atoms with Crippen molar-refractivity contribution in [3.05, 3.63) is 368 Å². The molecule has 8 nitrogen and oxygen atoms in total. The van der Waals surface area contributed by atoms with Gasteiger partial charge in [0.25, 0.3) is 0 Å². The Labute approximate surface area is 779 Å². The number of fused-ring (bicyclic) bond motifs is 9. The molecule has 0 saturated heterocycles. The summed E-state index contributed by atoms with van der Waals surface area (Å²) in [6, 6.07) is 99.5. The summed E-state index contributed by atoms with van der Waals surface area (Å²) in [6.07, 6.45) is 17.8. The number of benzene rings is 13. The van der Waals surface area contributed by atoms with Crippen molar-refractivity contribution in [2.45, 2.75) is 306 Å². The van der Waals surface area contributed by atoms with Gasteiger partial charge in [0.2, 0.25) is 0 Å². The summed E-state index contributed by atoms with van der Waals surface area (Å²) < 4.78 is 48.8. The van der Waals surface area contributed by atoms with Crippen molar-refractivity contribution in [2.24, 2.45) is 17.8 Å². The maximum absolute atomic E-state index is 6.33. The monoisotopic (exact) mass is 1740 g/mol. The third-order valence-electron chi connectivity index (χ3n) is 27.8. The van der Waals surface area contributed by atoms with E-state index < -0.39 is 0 Å². The molecule has 13 aromatic rings. The highest BCUT2D eigenvalue weighted by Gasteiger charge is 2.35. The van der Waals surface area contributed by atoms with Crippen LogP contribution in [0.2, 0.25) is 0 Å². The van der Waals surface area contributed by atoms with Crippen LogP contribution in [0.3, 0.4) is 0 Å². The predicted molar refractivity (Wildman–Crippen MR) is 542 cm³/mol. The molecule has 130 heavy (non-hydrogen) atoms. The van der Waals surface area contributed by atoms with Crippen LogP contribution >= 0.6 is 0 Å². The number of aryl methyl sites for hydroxylation is 3. The van der Waals surface area contributed by atoms with Crippen LogP contribution in [0, 0.1) is 17.8 Å². The average molecular weight is 1740 g/mol. The molecule has 0 aromatic heterocycles. The number of hydrogen-bond donors (Lipinski definition) is 0. The number of hydrogen-bond acceptors (Lipinski definition) is 8. The lowest BCUT2D eigenvalue weighted by Gasteiger charge is -2.23. The summed E-state index contributed by atoms with van der Waals surface area (Å²) >= 11 is 0.